The smallest absolute Gasteiger partial charge is 0.316 e. The fourth-order valence-electron chi connectivity index (χ4n) is 1.73. The number of carbonyl (C=O) groups excluding carboxylic acids is 1. The Bertz CT molecular complexity index is 215. The first-order chi connectivity index (χ1) is 6.15. The maximum absolute atomic E-state index is 11.1. The minimum Gasteiger partial charge on any atom is -0.481 e. The SMILES string of the molecule is CCC[C@@H]1CNC(=O)[C@H](C(=O)O)C1. The van der Waals surface area contributed by atoms with Gasteiger partial charge in [0, 0.05) is 6.54 Å². The first-order valence-electron chi connectivity index (χ1n) is 4.65. The van der Waals surface area contributed by atoms with E-state index in [1.165, 1.54) is 0 Å². The molecule has 1 aliphatic rings. The number of hydrogen-bond acceptors (Lipinski definition) is 2. The van der Waals surface area contributed by atoms with E-state index in [1.54, 1.807) is 0 Å². The van der Waals surface area contributed by atoms with Crippen LogP contribution in [0.2, 0.25) is 0 Å². The van der Waals surface area contributed by atoms with Gasteiger partial charge in [0.05, 0.1) is 0 Å². The largest absolute Gasteiger partial charge is 0.481 e. The van der Waals surface area contributed by atoms with Crippen molar-refractivity contribution in [2.75, 3.05) is 6.54 Å². The van der Waals surface area contributed by atoms with Crippen molar-refractivity contribution in [2.45, 2.75) is 26.2 Å². The molecule has 2 N–H and O–H groups in total. The molecule has 13 heavy (non-hydrogen) atoms. The monoisotopic (exact) mass is 185 g/mol. The molecule has 1 amide bonds. The highest BCUT2D eigenvalue weighted by atomic mass is 16.4. The fraction of sp³-hybridized carbons (Fsp3) is 0.778. The zero-order valence-corrected chi connectivity index (χ0v) is 7.75. The Kier molecular flexibility index (Phi) is 3.28. The van der Waals surface area contributed by atoms with Crippen LogP contribution in [0.25, 0.3) is 0 Å². The molecule has 1 saturated heterocycles. The summed E-state index contributed by atoms with van der Waals surface area (Å²) in [6, 6.07) is 0. The van der Waals surface area contributed by atoms with Crippen molar-refractivity contribution in [3.8, 4) is 0 Å². The lowest BCUT2D eigenvalue weighted by Gasteiger charge is -2.26. The van der Waals surface area contributed by atoms with E-state index in [0.717, 1.165) is 12.8 Å². The summed E-state index contributed by atoms with van der Waals surface area (Å²) in [5.74, 6) is -1.83. The van der Waals surface area contributed by atoms with Crippen molar-refractivity contribution in [3.05, 3.63) is 0 Å². The molecule has 4 heteroatoms. The quantitative estimate of drug-likeness (QED) is 0.633. The number of carboxylic acids is 1. The average Bonchev–Trinajstić information content (AvgIpc) is 2.08. The molecule has 2 atom stereocenters. The fourth-order valence-corrected chi connectivity index (χ4v) is 1.73. The van der Waals surface area contributed by atoms with Crippen molar-refractivity contribution in [1.29, 1.82) is 0 Å². The predicted octanol–water partition coefficient (Wildman–Crippen LogP) is 0.623. The van der Waals surface area contributed by atoms with Crippen LogP contribution < -0.4 is 5.32 Å². The van der Waals surface area contributed by atoms with Crippen LogP contribution in [0, 0.1) is 11.8 Å². The van der Waals surface area contributed by atoms with Crippen LogP contribution in [0.3, 0.4) is 0 Å². The lowest BCUT2D eigenvalue weighted by atomic mass is 9.87. The Morgan fingerprint density at radius 3 is 2.92 bits per heavy atom. The van der Waals surface area contributed by atoms with Crippen molar-refractivity contribution in [2.24, 2.45) is 11.8 Å². The summed E-state index contributed by atoms with van der Waals surface area (Å²) in [6.07, 6.45) is 2.52. The van der Waals surface area contributed by atoms with Gasteiger partial charge in [0.2, 0.25) is 5.91 Å². The van der Waals surface area contributed by atoms with E-state index < -0.39 is 11.9 Å². The van der Waals surface area contributed by atoms with Gasteiger partial charge in [0.25, 0.3) is 0 Å². The van der Waals surface area contributed by atoms with Gasteiger partial charge in [-0.2, -0.15) is 0 Å². The first kappa shape index (κ1) is 10.0. The summed E-state index contributed by atoms with van der Waals surface area (Å²) >= 11 is 0. The van der Waals surface area contributed by atoms with E-state index in [9.17, 15) is 9.59 Å². The molecule has 0 radical (unpaired) electrons. The Labute approximate surface area is 77.3 Å². The van der Waals surface area contributed by atoms with E-state index >= 15 is 0 Å². The number of hydrogen-bond donors (Lipinski definition) is 2. The molecule has 0 bridgehead atoms. The molecule has 0 aromatic rings. The van der Waals surface area contributed by atoms with Crippen LogP contribution in [-0.2, 0) is 9.59 Å². The van der Waals surface area contributed by atoms with Gasteiger partial charge in [0.1, 0.15) is 5.92 Å². The summed E-state index contributed by atoms with van der Waals surface area (Å²) in [7, 11) is 0. The van der Waals surface area contributed by atoms with Crippen LogP contribution in [0.5, 0.6) is 0 Å². The van der Waals surface area contributed by atoms with Crippen molar-refractivity contribution < 1.29 is 14.7 Å². The van der Waals surface area contributed by atoms with Crippen molar-refractivity contribution in [1.82, 2.24) is 5.32 Å². The molecule has 1 heterocycles. The van der Waals surface area contributed by atoms with Gasteiger partial charge < -0.3 is 10.4 Å². The van der Waals surface area contributed by atoms with Crippen LogP contribution in [0.4, 0.5) is 0 Å². The summed E-state index contributed by atoms with van der Waals surface area (Å²) in [6.45, 7) is 2.70. The van der Waals surface area contributed by atoms with Gasteiger partial charge in [-0.1, -0.05) is 13.3 Å². The minimum atomic E-state index is -1.00. The lowest BCUT2D eigenvalue weighted by molar-refractivity contribution is -0.149. The predicted molar refractivity (Wildman–Crippen MR) is 47.2 cm³/mol. The zero-order chi connectivity index (χ0) is 9.84. The third kappa shape index (κ3) is 2.44. The maximum atomic E-state index is 11.1. The second kappa shape index (κ2) is 4.25. The van der Waals surface area contributed by atoms with Gasteiger partial charge in [-0.3, -0.25) is 9.59 Å². The standard InChI is InChI=1S/C9H15NO3/c1-2-3-6-4-7(9(12)13)8(11)10-5-6/h6-7H,2-5H2,1H3,(H,10,11)(H,12,13)/t6-,7+/m0/s1. The van der Waals surface area contributed by atoms with E-state index in [4.69, 9.17) is 5.11 Å². The van der Waals surface area contributed by atoms with E-state index in [-0.39, 0.29) is 5.91 Å². The highest BCUT2D eigenvalue weighted by molar-refractivity contribution is 5.97. The Balaban J connectivity index is 2.52. The number of nitrogens with one attached hydrogen (secondary N) is 1. The number of amides is 1. The summed E-state index contributed by atoms with van der Waals surface area (Å²) in [5, 5.41) is 11.4. The number of carbonyl (C=O) groups is 2. The van der Waals surface area contributed by atoms with Gasteiger partial charge >= 0.3 is 5.97 Å². The molecule has 4 nitrogen and oxygen atoms in total. The molecule has 0 saturated carbocycles. The lowest BCUT2D eigenvalue weighted by Crippen LogP contribution is -2.44. The van der Waals surface area contributed by atoms with Crippen LogP contribution in [0.1, 0.15) is 26.2 Å². The second-order valence-electron chi connectivity index (χ2n) is 3.53. The number of aliphatic carboxylic acids is 1. The van der Waals surface area contributed by atoms with E-state index in [1.807, 2.05) is 0 Å². The molecular weight excluding hydrogens is 170 g/mol. The summed E-state index contributed by atoms with van der Waals surface area (Å²) < 4.78 is 0. The molecule has 1 fully saturated rings. The number of carboxylic acid groups (broad SMARTS) is 1. The first-order valence-corrected chi connectivity index (χ1v) is 4.65. The van der Waals surface area contributed by atoms with Crippen LogP contribution in [-0.4, -0.2) is 23.5 Å². The molecule has 0 aromatic carbocycles. The molecule has 0 aromatic heterocycles. The van der Waals surface area contributed by atoms with Crippen LogP contribution in [0.15, 0.2) is 0 Å². The van der Waals surface area contributed by atoms with Gasteiger partial charge in [-0.05, 0) is 18.8 Å². The third-order valence-corrected chi connectivity index (χ3v) is 2.45. The third-order valence-electron chi connectivity index (χ3n) is 2.45. The molecular formula is C9H15NO3. The van der Waals surface area contributed by atoms with Gasteiger partial charge in [-0.25, -0.2) is 0 Å². The number of rotatable bonds is 3. The molecule has 74 valence electrons. The number of piperidine rings is 1. The van der Waals surface area contributed by atoms with Crippen molar-refractivity contribution >= 4 is 11.9 Å². The Morgan fingerprint density at radius 2 is 2.38 bits per heavy atom. The van der Waals surface area contributed by atoms with E-state index in [2.05, 4.69) is 12.2 Å². The van der Waals surface area contributed by atoms with Gasteiger partial charge in [0.15, 0.2) is 0 Å². The van der Waals surface area contributed by atoms with Crippen molar-refractivity contribution in [3.63, 3.8) is 0 Å². The summed E-state index contributed by atoms with van der Waals surface area (Å²) in [5.41, 5.74) is 0. The molecule has 0 unspecified atom stereocenters. The highest BCUT2D eigenvalue weighted by Gasteiger charge is 2.33. The summed E-state index contributed by atoms with van der Waals surface area (Å²) in [4.78, 5) is 21.7. The second-order valence-corrected chi connectivity index (χ2v) is 3.53. The van der Waals surface area contributed by atoms with Crippen LogP contribution >= 0.6 is 0 Å². The normalized spacial score (nSPS) is 28.2. The molecule has 0 aliphatic carbocycles. The van der Waals surface area contributed by atoms with E-state index in [0.29, 0.717) is 18.9 Å². The molecule has 1 rings (SSSR count). The topological polar surface area (TPSA) is 66.4 Å². The Morgan fingerprint density at radius 1 is 1.69 bits per heavy atom. The zero-order valence-electron chi connectivity index (χ0n) is 7.75. The van der Waals surface area contributed by atoms with Gasteiger partial charge in [-0.15, -0.1) is 0 Å². The maximum Gasteiger partial charge on any atom is 0.316 e. The highest BCUT2D eigenvalue weighted by Crippen LogP contribution is 2.21. The Hall–Kier alpha value is -1.06. The minimum absolute atomic E-state index is 0.333. The molecule has 1 aliphatic heterocycles. The molecule has 0 spiro atoms. The average molecular weight is 185 g/mol.